The van der Waals surface area contributed by atoms with Crippen LogP contribution in [0.3, 0.4) is 0 Å². The molecule has 0 bridgehead atoms. The topological polar surface area (TPSA) is 68.9 Å². The molecular formula is C8H4N3O2. The molecule has 5 nitrogen and oxygen atoms in total. The third-order valence-electron chi connectivity index (χ3n) is 1.43. The van der Waals surface area contributed by atoms with Gasteiger partial charge in [-0.25, -0.2) is 0 Å². The lowest BCUT2D eigenvalue weighted by Gasteiger charge is -1.91. The largest absolute Gasteiger partial charge is 0.331 e. The fourth-order valence-electron chi connectivity index (χ4n) is 0.851. The van der Waals surface area contributed by atoms with E-state index >= 15 is 0 Å². The minimum atomic E-state index is -0.334. The molecule has 2 aromatic heterocycles. The maximum Gasteiger partial charge on any atom is 0.298 e. The number of hydrogen-bond acceptors (Lipinski definition) is 5. The molecule has 0 saturated heterocycles. The summed E-state index contributed by atoms with van der Waals surface area (Å²) >= 11 is 0. The minimum absolute atomic E-state index is 0.0343. The Labute approximate surface area is 73.4 Å². The van der Waals surface area contributed by atoms with E-state index in [1.165, 1.54) is 12.5 Å². The second-order valence-corrected chi connectivity index (χ2v) is 2.25. The molecule has 13 heavy (non-hydrogen) atoms. The molecule has 0 amide bonds. The average molecular weight is 174 g/mol. The zero-order valence-electron chi connectivity index (χ0n) is 6.47. The van der Waals surface area contributed by atoms with Crippen LogP contribution >= 0.6 is 0 Å². The first kappa shape index (κ1) is 7.60. The maximum atomic E-state index is 11.5. The van der Waals surface area contributed by atoms with Gasteiger partial charge in [-0.05, 0) is 12.1 Å². The third-order valence-corrected chi connectivity index (χ3v) is 1.43. The zero-order chi connectivity index (χ0) is 9.10. The number of aromatic nitrogens is 3. The number of carbonyl (C=O) groups is 1. The van der Waals surface area contributed by atoms with Crippen molar-refractivity contribution >= 4 is 5.78 Å². The average Bonchev–Trinajstić information content (AvgIpc) is 2.71. The number of pyridine rings is 1. The Hall–Kier alpha value is -2.04. The molecule has 0 atom stereocenters. The number of rotatable bonds is 2. The second kappa shape index (κ2) is 3.14. The van der Waals surface area contributed by atoms with Crippen molar-refractivity contribution in [3.8, 4) is 0 Å². The molecule has 0 aliphatic rings. The van der Waals surface area contributed by atoms with Crippen molar-refractivity contribution in [3.63, 3.8) is 0 Å². The summed E-state index contributed by atoms with van der Waals surface area (Å²) in [6.45, 7) is 0. The molecule has 5 heteroatoms. The van der Waals surface area contributed by atoms with E-state index in [-0.39, 0.29) is 11.7 Å². The van der Waals surface area contributed by atoms with E-state index in [0.29, 0.717) is 5.56 Å². The molecule has 2 aromatic rings. The summed E-state index contributed by atoms with van der Waals surface area (Å²) in [6.07, 6.45) is 5.14. The van der Waals surface area contributed by atoms with Gasteiger partial charge in [0.2, 0.25) is 0 Å². The van der Waals surface area contributed by atoms with Crippen LogP contribution in [0.15, 0.2) is 29.2 Å². The predicted molar refractivity (Wildman–Crippen MR) is 40.8 cm³/mol. The van der Waals surface area contributed by atoms with Gasteiger partial charge in [0.1, 0.15) is 0 Å². The Balaban J connectivity index is 2.34. The van der Waals surface area contributed by atoms with Gasteiger partial charge in [-0.2, -0.15) is 4.98 Å². The molecule has 0 unspecified atom stereocenters. The summed E-state index contributed by atoms with van der Waals surface area (Å²) in [7, 11) is 0. The van der Waals surface area contributed by atoms with E-state index in [9.17, 15) is 4.79 Å². The monoisotopic (exact) mass is 174 g/mol. The van der Waals surface area contributed by atoms with Gasteiger partial charge in [0.25, 0.3) is 11.7 Å². The Morgan fingerprint density at radius 1 is 1.54 bits per heavy atom. The van der Waals surface area contributed by atoms with Crippen LogP contribution in [-0.4, -0.2) is 20.9 Å². The maximum absolute atomic E-state index is 11.5. The summed E-state index contributed by atoms with van der Waals surface area (Å²) in [5.74, 6) is -0.369. The quantitative estimate of drug-likeness (QED) is 0.620. The molecule has 0 N–H and O–H groups in total. The van der Waals surface area contributed by atoms with Gasteiger partial charge in [0, 0.05) is 11.8 Å². The normalized spacial score (nSPS) is 9.85. The fourth-order valence-corrected chi connectivity index (χ4v) is 0.851. The molecule has 63 valence electrons. The molecule has 0 aliphatic carbocycles. The van der Waals surface area contributed by atoms with Crippen LogP contribution in [0.1, 0.15) is 16.2 Å². The van der Waals surface area contributed by atoms with Crippen LogP contribution in [0.4, 0.5) is 0 Å². The number of nitrogens with zero attached hydrogens (tertiary/aromatic N) is 3. The molecule has 0 saturated carbocycles. The van der Waals surface area contributed by atoms with E-state index in [0.717, 1.165) is 0 Å². The van der Waals surface area contributed by atoms with Crippen LogP contribution in [0.5, 0.6) is 0 Å². The first-order valence-corrected chi connectivity index (χ1v) is 3.51. The van der Waals surface area contributed by atoms with Crippen LogP contribution in [0, 0.1) is 6.20 Å². The highest BCUT2D eigenvalue weighted by Crippen LogP contribution is 2.03. The Bertz CT molecular complexity index is 397. The van der Waals surface area contributed by atoms with E-state index in [2.05, 4.69) is 25.8 Å². The smallest absolute Gasteiger partial charge is 0.298 e. The molecule has 0 fully saturated rings. The third kappa shape index (κ3) is 1.44. The first-order chi connectivity index (χ1) is 6.38. The van der Waals surface area contributed by atoms with Crippen molar-refractivity contribution in [1.82, 2.24) is 15.1 Å². The lowest BCUT2D eigenvalue weighted by Crippen LogP contribution is -2.01. The van der Waals surface area contributed by atoms with Gasteiger partial charge in [-0.3, -0.25) is 9.78 Å². The van der Waals surface area contributed by atoms with Crippen molar-refractivity contribution in [2.24, 2.45) is 0 Å². The number of hydrogen-bond donors (Lipinski definition) is 0. The Morgan fingerprint density at radius 2 is 2.46 bits per heavy atom. The highest BCUT2D eigenvalue weighted by Gasteiger charge is 2.13. The molecular weight excluding hydrogens is 170 g/mol. The van der Waals surface area contributed by atoms with Crippen molar-refractivity contribution in [2.75, 3.05) is 0 Å². The Morgan fingerprint density at radius 3 is 3.08 bits per heavy atom. The highest BCUT2D eigenvalue weighted by atomic mass is 16.5. The standard InChI is InChI=1S/C8H4N3O2/c12-7(8-10-5-11-13-8)6-2-1-3-9-4-6/h1-2,4-5H. The van der Waals surface area contributed by atoms with Crippen LogP contribution in [0.25, 0.3) is 0 Å². The van der Waals surface area contributed by atoms with Crippen molar-refractivity contribution in [1.29, 1.82) is 0 Å². The van der Waals surface area contributed by atoms with Crippen molar-refractivity contribution in [3.05, 3.63) is 42.3 Å². The van der Waals surface area contributed by atoms with E-state index < -0.39 is 0 Å². The lowest BCUT2D eigenvalue weighted by molar-refractivity contribution is 0.0993. The lowest BCUT2D eigenvalue weighted by atomic mass is 10.2. The predicted octanol–water partition coefficient (Wildman–Crippen LogP) is 0.496. The molecule has 2 rings (SSSR count). The molecule has 0 spiro atoms. The second-order valence-electron chi connectivity index (χ2n) is 2.25. The van der Waals surface area contributed by atoms with Gasteiger partial charge in [0.05, 0.1) is 6.20 Å². The van der Waals surface area contributed by atoms with E-state index in [1.807, 2.05) is 0 Å². The first-order valence-electron chi connectivity index (χ1n) is 3.51. The van der Waals surface area contributed by atoms with E-state index in [1.54, 1.807) is 12.1 Å². The summed E-state index contributed by atoms with van der Waals surface area (Å²) < 4.78 is 4.60. The zero-order valence-corrected chi connectivity index (χ0v) is 6.47. The van der Waals surface area contributed by atoms with Crippen molar-refractivity contribution < 1.29 is 9.32 Å². The van der Waals surface area contributed by atoms with Crippen LogP contribution in [-0.2, 0) is 0 Å². The van der Waals surface area contributed by atoms with Crippen LogP contribution < -0.4 is 0 Å². The number of ketones is 1. The fraction of sp³-hybridized carbons (Fsp3) is 0. The SMILES string of the molecule is O=C(c1cc[c]nc1)c1ncno1. The number of carbonyl (C=O) groups excluding carboxylic acids is 1. The van der Waals surface area contributed by atoms with Gasteiger partial charge in [-0.1, -0.05) is 5.16 Å². The molecule has 1 radical (unpaired) electrons. The Kier molecular flexibility index (Phi) is 1.84. The molecule has 0 aliphatic heterocycles. The summed E-state index contributed by atoms with van der Waals surface area (Å²) in [6, 6.07) is 3.13. The molecule has 0 aromatic carbocycles. The van der Waals surface area contributed by atoms with Gasteiger partial charge >= 0.3 is 0 Å². The molecule has 2 heterocycles. The van der Waals surface area contributed by atoms with Gasteiger partial charge < -0.3 is 4.52 Å². The van der Waals surface area contributed by atoms with Crippen LogP contribution in [0.2, 0.25) is 0 Å². The van der Waals surface area contributed by atoms with Gasteiger partial charge in [-0.15, -0.1) is 0 Å². The highest BCUT2D eigenvalue weighted by molar-refractivity contribution is 6.05. The van der Waals surface area contributed by atoms with Gasteiger partial charge in [0.15, 0.2) is 6.33 Å². The summed E-state index contributed by atoms with van der Waals surface area (Å²) in [5.41, 5.74) is 0.406. The van der Waals surface area contributed by atoms with Crippen molar-refractivity contribution in [2.45, 2.75) is 0 Å². The minimum Gasteiger partial charge on any atom is -0.331 e. The summed E-state index contributed by atoms with van der Waals surface area (Å²) in [5, 5.41) is 3.33. The van der Waals surface area contributed by atoms with E-state index in [4.69, 9.17) is 0 Å². The summed E-state index contributed by atoms with van der Waals surface area (Å²) in [4.78, 5) is 18.8.